The number of carbonyl (C=O) groups excluding carboxylic acids is 2. The highest BCUT2D eigenvalue weighted by atomic mass is 19.4. The molecule has 9 nitrogen and oxygen atoms in total. The summed E-state index contributed by atoms with van der Waals surface area (Å²) in [5.74, 6) is -6.41. The third kappa shape index (κ3) is 6.34. The molecule has 1 aliphatic heterocycles. The highest BCUT2D eigenvalue weighted by Gasteiger charge is 2.47. The Labute approximate surface area is 244 Å². The fourth-order valence-corrected chi connectivity index (χ4v) is 4.95. The van der Waals surface area contributed by atoms with Gasteiger partial charge in [-0.05, 0) is 42.8 Å². The number of hydrogen-bond acceptors (Lipinski definition) is 6. The average Bonchev–Trinajstić information content (AvgIpc) is 3.24. The first-order chi connectivity index (χ1) is 20.7. The van der Waals surface area contributed by atoms with E-state index in [2.05, 4.69) is 10.1 Å². The quantitative estimate of drug-likeness (QED) is 0.345. The number of aryl methyl sites for hydroxylation is 1. The average molecular weight is 632 g/mol. The van der Waals surface area contributed by atoms with Gasteiger partial charge >= 0.3 is 12.8 Å². The summed E-state index contributed by atoms with van der Waals surface area (Å²) >= 11 is 0. The summed E-state index contributed by atoms with van der Waals surface area (Å²) in [6, 6.07) is 2.57. The van der Waals surface area contributed by atoms with Gasteiger partial charge in [-0.25, -0.2) is 8.78 Å². The van der Waals surface area contributed by atoms with Gasteiger partial charge in [0.05, 0.1) is 13.7 Å². The summed E-state index contributed by atoms with van der Waals surface area (Å²) in [6.07, 6.45) is -4.26. The second-order valence-electron chi connectivity index (χ2n) is 9.71. The summed E-state index contributed by atoms with van der Waals surface area (Å²) in [6.45, 7) is -3.97. The van der Waals surface area contributed by atoms with Crippen LogP contribution in [0.2, 0.25) is 0 Å². The van der Waals surface area contributed by atoms with Crippen molar-refractivity contribution in [2.24, 2.45) is 0 Å². The van der Waals surface area contributed by atoms with Gasteiger partial charge in [0.15, 0.2) is 6.04 Å². The standard InChI is InChI=1S/C28H24F7N3O6/c1-13-7-8-37(20(12-39)28(33,34)35)26(42)23(13)38-11-17(21-18(29)9-16(43-2)10-19(21)30)22(25(38)41)36-24(40)14-3-5-15(6-4-14)44-27(31)32/h3-10,17,20,22,27,39H,11-12H2,1-2H3,(H,36,40)/t17-,20?,22-/m0/s1. The molecule has 1 unspecified atom stereocenters. The minimum atomic E-state index is -5.05. The lowest BCUT2D eigenvalue weighted by atomic mass is 9.92. The zero-order valence-electron chi connectivity index (χ0n) is 22.9. The van der Waals surface area contributed by atoms with E-state index in [0.717, 1.165) is 60.7 Å². The van der Waals surface area contributed by atoms with E-state index in [4.69, 9.17) is 4.74 Å². The molecule has 236 valence electrons. The molecule has 2 aromatic carbocycles. The Morgan fingerprint density at radius 2 is 1.68 bits per heavy atom. The molecule has 1 saturated heterocycles. The molecule has 2 N–H and O–H groups in total. The van der Waals surface area contributed by atoms with Gasteiger partial charge in [-0.15, -0.1) is 0 Å². The number of hydrogen-bond donors (Lipinski definition) is 2. The van der Waals surface area contributed by atoms with Crippen LogP contribution >= 0.6 is 0 Å². The van der Waals surface area contributed by atoms with Crippen LogP contribution in [0.25, 0.3) is 0 Å². The summed E-state index contributed by atoms with van der Waals surface area (Å²) in [5, 5.41) is 11.7. The first kappa shape index (κ1) is 32.3. The summed E-state index contributed by atoms with van der Waals surface area (Å²) in [5.41, 5.74) is -2.71. The number of rotatable bonds is 9. The molecular formula is C28H24F7N3O6. The summed E-state index contributed by atoms with van der Waals surface area (Å²) < 4.78 is 105. The van der Waals surface area contributed by atoms with Crippen molar-refractivity contribution in [3.63, 3.8) is 0 Å². The number of halogens is 7. The van der Waals surface area contributed by atoms with Crippen LogP contribution in [0.1, 0.15) is 33.4 Å². The van der Waals surface area contributed by atoms with Crippen molar-refractivity contribution < 1.29 is 54.9 Å². The zero-order valence-corrected chi connectivity index (χ0v) is 22.9. The molecule has 16 heteroatoms. The number of benzene rings is 2. The minimum Gasteiger partial charge on any atom is -0.497 e. The van der Waals surface area contributed by atoms with Crippen LogP contribution in [0.5, 0.6) is 11.5 Å². The maximum Gasteiger partial charge on any atom is 0.411 e. The first-order valence-electron chi connectivity index (χ1n) is 12.8. The molecule has 1 fully saturated rings. The summed E-state index contributed by atoms with van der Waals surface area (Å²) in [4.78, 5) is 40.9. The highest BCUT2D eigenvalue weighted by molar-refractivity contribution is 6.05. The van der Waals surface area contributed by atoms with Crippen molar-refractivity contribution in [3.8, 4) is 11.5 Å². The van der Waals surface area contributed by atoms with Crippen LogP contribution in [0, 0.1) is 18.6 Å². The number of aromatic nitrogens is 1. The van der Waals surface area contributed by atoms with Gasteiger partial charge in [0, 0.05) is 41.9 Å². The molecule has 0 spiro atoms. The van der Waals surface area contributed by atoms with Crippen LogP contribution in [0.3, 0.4) is 0 Å². The molecule has 0 aliphatic carbocycles. The number of alkyl halides is 5. The number of carbonyl (C=O) groups is 2. The number of nitrogens with zero attached hydrogens (tertiary/aromatic N) is 2. The van der Waals surface area contributed by atoms with E-state index in [9.17, 15) is 41.4 Å². The molecule has 2 heterocycles. The van der Waals surface area contributed by atoms with Gasteiger partial charge in [0.2, 0.25) is 5.91 Å². The van der Waals surface area contributed by atoms with Crippen molar-refractivity contribution in [1.82, 2.24) is 9.88 Å². The Morgan fingerprint density at radius 1 is 1.07 bits per heavy atom. The van der Waals surface area contributed by atoms with Gasteiger partial charge in [0.25, 0.3) is 11.5 Å². The maximum absolute atomic E-state index is 15.2. The van der Waals surface area contributed by atoms with Crippen molar-refractivity contribution in [1.29, 1.82) is 0 Å². The first-order valence-corrected chi connectivity index (χ1v) is 12.8. The Hall–Kier alpha value is -4.60. The predicted molar refractivity (Wildman–Crippen MR) is 140 cm³/mol. The molecule has 3 atom stereocenters. The second-order valence-corrected chi connectivity index (χ2v) is 9.71. The molecule has 4 rings (SSSR count). The predicted octanol–water partition coefficient (Wildman–Crippen LogP) is 4.07. The monoisotopic (exact) mass is 631 g/mol. The molecule has 1 aromatic heterocycles. The number of ether oxygens (including phenoxy) is 2. The lowest BCUT2D eigenvalue weighted by Crippen LogP contribution is -2.45. The Morgan fingerprint density at radius 3 is 2.20 bits per heavy atom. The number of methoxy groups -OCH3 is 1. The molecule has 2 amide bonds. The van der Waals surface area contributed by atoms with Gasteiger partial charge in [-0.2, -0.15) is 22.0 Å². The van der Waals surface area contributed by atoms with Gasteiger partial charge in [-0.3, -0.25) is 19.0 Å². The SMILES string of the molecule is COc1cc(F)c([C@@H]2CN(c3c(C)ccn(C(CO)C(F)(F)F)c3=O)C(=O)[C@H]2NC(=O)c2ccc(OC(F)F)cc2)c(F)c1. The van der Waals surface area contributed by atoms with Crippen LogP contribution in [0.4, 0.5) is 36.4 Å². The van der Waals surface area contributed by atoms with E-state index in [1.54, 1.807) is 0 Å². The number of nitrogens with one attached hydrogen (secondary N) is 1. The Balaban J connectivity index is 1.79. The molecule has 3 aromatic rings. The molecule has 0 saturated carbocycles. The molecule has 0 radical (unpaired) electrons. The zero-order chi connectivity index (χ0) is 32.5. The van der Waals surface area contributed by atoms with E-state index in [1.165, 1.54) is 6.92 Å². The third-order valence-corrected chi connectivity index (χ3v) is 7.05. The number of anilines is 1. The van der Waals surface area contributed by atoms with Crippen LogP contribution < -0.4 is 25.2 Å². The molecular weight excluding hydrogens is 607 g/mol. The minimum absolute atomic E-state index is 0.0227. The Bertz CT molecular complexity index is 1590. The largest absolute Gasteiger partial charge is 0.497 e. The van der Waals surface area contributed by atoms with Crippen molar-refractivity contribution in [2.75, 3.05) is 25.2 Å². The van der Waals surface area contributed by atoms with Gasteiger partial charge < -0.3 is 24.8 Å². The second kappa shape index (κ2) is 12.6. The fourth-order valence-electron chi connectivity index (χ4n) is 4.95. The number of amides is 2. The molecule has 44 heavy (non-hydrogen) atoms. The van der Waals surface area contributed by atoms with Crippen molar-refractivity contribution in [3.05, 3.63) is 87.3 Å². The van der Waals surface area contributed by atoms with E-state index in [-0.39, 0.29) is 27.2 Å². The number of aliphatic hydroxyl groups excluding tert-OH is 1. The van der Waals surface area contributed by atoms with Gasteiger partial charge in [0.1, 0.15) is 34.9 Å². The van der Waals surface area contributed by atoms with E-state index >= 15 is 8.78 Å². The fraction of sp³-hybridized carbons (Fsp3) is 0.321. The van der Waals surface area contributed by atoms with Gasteiger partial charge in [-0.1, -0.05) is 0 Å². The molecule has 1 aliphatic rings. The Kier molecular flexibility index (Phi) is 9.22. The normalized spacial score (nSPS) is 17.6. The third-order valence-electron chi connectivity index (χ3n) is 7.05. The van der Waals surface area contributed by atoms with E-state index in [1.807, 2.05) is 0 Å². The van der Waals surface area contributed by atoms with Crippen LogP contribution in [-0.4, -0.2) is 60.6 Å². The molecule has 0 bridgehead atoms. The van der Waals surface area contributed by atoms with Crippen molar-refractivity contribution >= 4 is 17.5 Å². The van der Waals surface area contributed by atoms with Crippen LogP contribution in [-0.2, 0) is 4.79 Å². The van der Waals surface area contributed by atoms with E-state index < -0.39 is 84.2 Å². The lowest BCUT2D eigenvalue weighted by molar-refractivity contribution is -0.177. The topological polar surface area (TPSA) is 110 Å². The lowest BCUT2D eigenvalue weighted by Gasteiger charge is -2.24. The van der Waals surface area contributed by atoms with E-state index in [0.29, 0.717) is 0 Å². The van der Waals surface area contributed by atoms with Crippen LogP contribution in [0.15, 0.2) is 53.5 Å². The smallest absolute Gasteiger partial charge is 0.411 e. The highest BCUT2D eigenvalue weighted by Crippen LogP contribution is 2.37. The number of aliphatic hydroxyl groups is 1. The summed E-state index contributed by atoms with van der Waals surface area (Å²) in [7, 11) is 1.15. The number of pyridine rings is 1. The van der Waals surface area contributed by atoms with Crippen molar-refractivity contribution in [2.45, 2.75) is 37.7 Å². The maximum atomic E-state index is 15.2.